The monoisotopic (exact) mass is 494 g/mol. The molecule has 0 radical (unpaired) electrons. The smallest absolute Gasteiger partial charge is 0.433 e. The van der Waals surface area contributed by atoms with Gasteiger partial charge in [-0.3, -0.25) is 9.78 Å². The van der Waals surface area contributed by atoms with Gasteiger partial charge in [0.2, 0.25) is 5.91 Å². The molecule has 0 bridgehead atoms. The van der Waals surface area contributed by atoms with E-state index in [1.54, 1.807) is 29.3 Å². The standard InChI is InChI=1S/C26H21F3N4O3/c27-26(28,29)22-12-17(7-10-30-22)14-33-21-15-32(11-8-19(21)20-2-1-9-31-24(20)33)23(34)13-16-3-5-18(6-4-16)25(35)36/h1-7,9-10,12H,8,11,13-15H2,(H,35,36). The van der Waals surface area contributed by atoms with Crippen LogP contribution in [0.15, 0.2) is 60.9 Å². The van der Waals surface area contributed by atoms with Crippen molar-refractivity contribution in [1.29, 1.82) is 0 Å². The summed E-state index contributed by atoms with van der Waals surface area (Å²) in [7, 11) is 0. The molecule has 0 saturated carbocycles. The molecule has 1 aliphatic rings. The van der Waals surface area contributed by atoms with Crippen LogP contribution in [-0.4, -0.2) is 43.0 Å². The summed E-state index contributed by atoms with van der Waals surface area (Å²) in [4.78, 5) is 33.8. The summed E-state index contributed by atoms with van der Waals surface area (Å²) in [6.45, 7) is 0.961. The van der Waals surface area contributed by atoms with Crippen molar-refractivity contribution in [3.63, 3.8) is 0 Å². The Hall–Kier alpha value is -4.21. The Morgan fingerprint density at radius 1 is 1.00 bits per heavy atom. The van der Waals surface area contributed by atoms with Crippen molar-refractivity contribution >= 4 is 22.9 Å². The number of carbonyl (C=O) groups excluding carboxylic acids is 1. The maximum Gasteiger partial charge on any atom is 0.433 e. The minimum atomic E-state index is -4.54. The molecule has 10 heteroatoms. The van der Waals surface area contributed by atoms with Gasteiger partial charge >= 0.3 is 12.1 Å². The number of alkyl halides is 3. The van der Waals surface area contributed by atoms with Crippen molar-refractivity contribution in [3.05, 3.63) is 94.6 Å². The van der Waals surface area contributed by atoms with E-state index in [0.29, 0.717) is 36.3 Å². The topological polar surface area (TPSA) is 88.3 Å². The highest BCUT2D eigenvalue weighted by Crippen LogP contribution is 2.32. The first-order chi connectivity index (χ1) is 17.2. The molecule has 0 fully saturated rings. The zero-order valence-corrected chi connectivity index (χ0v) is 19.0. The first-order valence-corrected chi connectivity index (χ1v) is 11.3. The van der Waals surface area contributed by atoms with Gasteiger partial charge in [0, 0.05) is 36.6 Å². The van der Waals surface area contributed by atoms with Crippen molar-refractivity contribution in [1.82, 2.24) is 19.4 Å². The van der Waals surface area contributed by atoms with Gasteiger partial charge in [0.1, 0.15) is 11.3 Å². The number of halogens is 3. The van der Waals surface area contributed by atoms with E-state index in [9.17, 15) is 22.8 Å². The first-order valence-electron chi connectivity index (χ1n) is 11.3. The Bertz CT molecular complexity index is 1460. The Morgan fingerprint density at radius 3 is 2.50 bits per heavy atom. The number of fused-ring (bicyclic) bond motifs is 3. The van der Waals surface area contributed by atoms with Crippen LogP contribution in [0.4, 0.5) is 13.2 Å². The highest BCUT2D eigenvalue weighted by Gasteiger charge is 2.33. The second-order valence-electron chi connectivity index (χ2n) is 8.68. The minimum Gasteiger partial charge on any atom is -0.478 e. The summed E-state index contributed by atoms with van der Waals surface area (Å²) < 4.78 is 41.5. The Morgan fingerprint density at radius 2 is 1.78 bits per heavy atom. The molecule has 1 amide bonds. The van der Waals surface area contributed by atoms with Crippen LogP contribution in [0.3, 0.4) is 0 Å². The van der Waals surface area contributed by atoms with Gasteiger partial charge in [0.25, 0.3) is 0 Å². The Labute approximate surface area is 203 Å². The molecule has 0 aliphatic carbocycles. The zero-order valence-electron chi connectivity index (χ0n) is 19.0. The van der Waals surface area contributed by atoms with E-state index >= 15 is 0 Å². The van der Waals surface area contributed by atoms with E-state index < -0.39 is 17.8 Å². The predicted molar refractivity (Wildman–Crippen MR) is 124 cm³/mol. The molecule has 0 spiro atoms. The number of carboxylic acid groups (broad SMARTS) is 1. The molecule has 7 nitrogen and oxygen atoms in total. The van der Waals surface area contributed by atoms with Gasteiger partial charge in [-0.25, -0.2) is 9.78 Å². The number of nitrogens with zero attached hydrogens (tertiary/aromatic N) is 4. The van der Waals surface area contributed by atoms with E-state index in [4.69, 9.17) is 5.11 Å². The molecular formula is C26H21F3N4O3. The number of amides is 1. The molecule has 184 valence electrons. The summed E-state index contributed by atoms with van der Waals surface area (Å²) in [5.74, 6) is -1.15. The average Bonchev–Trinajstić information content (AvgIpc) is 3.17. The predicted octanol–water partition coefficient (Wildman–Crippen LogP) is 4.32. The number of aromatic nitrogens is 3. The molecule has 0 saturated heterocycles. The third kappa shape index (κ3) is 4.53. The molecule has 1 aliphatic heterocycles. The average molecular weight is 494 g/mol. The fraction of sp³-hybridized carbons (Fsp3) is 0.231. The number of carboxylic acids is 1. The minimum absolute atomic E-state index is 0.114. The molecular weight excluding hydrogens is 473 g/mol. The molecule has 0 atom stereocenters. The molecule has 36 heavy (non-hydrogen) atoms. The van der Waals surface area contributed by atoms with E-state index in [-0.39, 0.29) is 24.4 Å². The van der Waals surface area contributed by atoms with Gasteiger partial charge in [-0.15, -0.1) is 0 Å². The van der Waals surface area contributed by atoms with Crippen LogP contribution in [0.25, 0.3) is 11.0 Å². The fourth-order valence-corrected chi connectivity index (χ4v) is 4.61. The second-order valence-corrected chi connectivity index (χ2v) is 8.68. The fourth-order valence-electron chi connectivity index (χ4n) is 4.61. The van der Waals surface area contributed by atoms with Crippen molar-refractivity contribution < 1.29 is 27.9 Å². The highest BCUT2D eigenvalue weighted by molar-refractivity contribution is 5.88. The van der Waals surface area contributed by atoms with Gasteiger partial charge < -0.3 is 14.6 Å². The van der Waals surface area contributed by atoms with Gasteiger partial charge in [-0.2, -0.15) is 13.2 Å². The molecule has 0 unspecified atom stereocenters. The summed E-state index contributed by atoms with van der Waals surface area (Å²) in [5.41, 5.74) is 2.87. The first kappa shape index (κ1) is 23.5. The molecule has 4 aromatic rings. The largest absolute Gasteiger partial charge is 0.478 e. The lowest BCUT2D eigenvalue weighted by Gasteiger charge is -2.29. The van der Waals surface area contributed by atoms with Crippen molar-refractivity contribution in [3.8, 4) is 0 Å². The number of hydrogen-bond acceptors (Lipinski definition) is 4. The van der Waals surface area contributed by atoms with E-state index in [2.05, 4.69) is 9.97 Å². The third-order valence-electron chi connectivity index (χ3n) is 6.38. The third-order valence-corrected chi connectivity index (χ3v) is 6.38. The molecule has 1 aromatic carbocycles. The zero-order chi connectivity index (χ0) is 25.4. The van der Waals surface area contributed by atoms with Crippen molar-refractivity contribution in [2.75, 3.05) is 6.54 Å². The van der Waals surface area contributed by atoms with Gasteiger partial charge in [-0.05, 0) is 59.5 Å². The molecule has 5 rings (SSSR count). The van der Waals surface area contributed by atoms with Gasteiger partial charge in [-0.1, -0.05) is 12.1 Å². The van der Waals surface area contributed by atoms with Crippen LogP contribution in [-0.2, 0) is 36.9 Å². The lowest BCUT2D eigenvalue weighted by molar-refractivity contribution is -0.141. The SMILES string of the molecule is O=C(O)c1ccc(CC(=O)N2CCc3c(n(Cc4ccnc(C(F)(F)F)c4)c4ncccc34)C2)cc1. The molecule has 4 heterocycles. The Balaban J connectivity index is 1.43. The summed E-state index contributed by atoms with van der Waals surface area (Å²) >= 11 is 0. The van der Waals surface area contributed by atoms with E-state index in [0.717, 1.165) is 28.9 Å². The second kappa shape index (κ2) is 9.10. The van der Waals surface area contributed by atoms with Crippen LogP contribution in [0.2, 0.25) is 0 Å². The maximum atomic E-state index is 13.2. The summed E-state index contributed by atoms with van der Waals surface area (Å²) in [5, 5.41) is 9.98. The number of carbonyl (C=O) groups is 2. The number of pyridine rings is 2. The molecule has 1 N–H and O–H groups in total. The highest BCUT2D eigenvalue weighted by atomic mass is 19.4. The number of benzene rings is 1. The Kier molecular flexibility index (Phi) is 5.95. The van der Waals surface area contributed by atoms with Gasteiger partial charge in [0.05, 0.1) is 18.5 Å². The molecule has 3 aromatic heterocycles. The summed E-state index contributed by atoms with van der Waals surface area (Å²) in [6.07, 6.45) is -1.04. The van der Waals surface area contributed by atoms with Crippen LogP contribution in [0.1, 0.15) is 38.4 Å². The maximum absolute atomic E-state index is 13.2. The normalized spacial score (nSPS) is 13.6. The van der Waals surface area contributed by atoms with Crippen LogP contribution in [0.5, 0.6) is 0 Å². The number of aromatic carboxylic acids is 1. The van der Waals surface area contributed by atoms with Crippen LogP contribution < -0.4 is 0 Å². The summed E-state index contributed by atoms with van der Waals surface area (Å²) in [6, 6.07) is 12.5. The van der Waals surface area contributed by atoms with E-state index in [1.807, 2.05) is 16.7 Å². The van der Waals surface area contributed by atoms with Gasteiger partial charge in [0.15, 0.2) is 0 Å². The number of hydrogen-bond donors (Lipinski definition) is 1. The van der Waals surface area contributed by atoms with Crippen molar-refractivity contribution in [2.24, 2.45) is 0 Å². The van der Waals surface area contributed by atoms with E-state index in [1.165, 1.54) is 12.1 Å². The van der Waals surface area contributed by atoms with Crippen LogP contribution in [0, 0.1) is 0 Å². The lowest BCUT2D eigenvalue weighted by atomic mass is 10.0. The number of rotatable bonds is 5. The lowest BCUT2D eigenvalue weighted by Crippen LogP contribution is -2.37. The van der Waals surface area contributed by atoms with Crippen molar-refractivity contribution in [2.45, 2.75) is 32.1 Å². The quantitative estimate of drug-likeness (QED) is 0.446. The van der Waals surface area contributed by atoms with Crippen LogP contribution >= 0.6 is 0 Å².